The normalized spacial score (nSPS) is 16.7. The quantitative estimate of drug-likeness (QED) is 0.406. The molecular weight excluding hydrogens is 532 g/mol. The number of aromatic nitrogens is 2. The summed E-state index contributed by atoms with van der Waals surface area (Å²) in [7, 11) is -3.26. The second-order valence-electron chi connectivity index (χ2n) is 9.55. The Bertz CT molecular complexity index is 1540. The third-order valence-electron chi connectivity index (χ3n) is 6.65. The largest absolute Gasteiger partial charge is 0.463 e. The lowest BCUT2D eigenvalue weighted by atomic mass is 9.96. The van der Waals surface area contributed by atoms with Crippen molar-refractivity contribution in [1.29, 1.82) is 0 Å². The van der Waals surface area contributed by atoms with Crippen molar-refractivity contribution < 1.29 is 32.2 Å². The number of hydrogen-bond donors (Lipinski definition) is 2. The van der Waals surface area contributed by atoms with Crippen LogP contribution in [-0.4, -0.2) is 56.7 Å². The summed E-state index contributed by atoms with van der Waals surface area (Å²) in [6.07, 6.45) is 0.850. The Morgan fingerprint density at radius 2 is 1.95 bits per heavy atom. The lowest BCUT2D eigenvalue weighted by Crippen LogP contribution is -2.30. The van der Waals surface area contributed by atoms with Crippen LogP contribution in [0.2, 0.25) is 0 Å². The number of nitrogens with zero attached hydrogens (tertiary/aromatic N) is 4. The van der Waals surface area contributed by atoms with Gasteiger partial charge in [0.1, 0.15) is 11.6 Å². The first-order valence-corrected chi connectivity index (χ1v) is 14.1. The highest BCUT2D eigenvalue weighted by atomic mass is 32.2. The van der Waals surface area contributed by atoms with Gasteiger partial charge in [-0.05, 0) is 51.0 Å². The van der Waals surface area contributed by atoms with Crippen LogP contribution in [0.15, 0.2) is 44.2 Å². The first-order valence-electron chi connectivity index (χ1n) is 12.2. The maximum atomic E-state index is 14.1. The summed E-state index contributed by atoms with van der Waals surface area (Å²) in [4.78, 5) is 31.2. The molecule has 13 heteroatoms. The molecule has 0 bridgehead atoms. The van der Waals surface area contributed by atoms with Crippen molar-refractivity contribution in [2.75, 3.05) is 29.6 Å². The van der Waals surface area contributed by atoms with Gasteiger partial charge in [0.25, 0.3) is 5.91 Å². The lowest BCUT2D eigenvalue weighted by molar-refractivity contribution is -0.0102. The molecule has 1 atom stereocenters. The SMILES string of the molecule is Cc1noc(C)c1-c1cnc(N2CCCC(F)(F)CC2)c(C(=O)Nc2cccc(S(C)(=O)=NC(=O)O)c2)c1C. The van der Waals surface area contributed by atoms with Gasteiger partial charge in [0, 0.05) is 60.1 Å². The highest BCUT2D eigenvalue weighted by molar-refractivity contribution is 7.93. The Hall–Kier alpha value is -3.87. The Morgan fingerprint density at radius 3 is 2.62 bits per heavy atom. The van der Waals surface area contributed by atoms with Crippen LogP contribution in [0.3, 0.4) is 0 Å². The van der Waals surface area contributed by atoms with Gasteiger partial charge in [-0.25, -0.2) is 22.8 Å². The van der Waals surface area contributed by atoms with E-state index < -0.39 is 27.7 Å². The van der Waals surface area contributed by atoms with Gasteiger partial charge in [0.05, 0.1) is 21.0 Å². The maximum absolute atomic E-state index is 14.1. The highest BCUT2D eigenvalue weighted by Gasteiger charge is 2.34. The Balaban J connectivity index is 1.79. The van der Waals surface area contributed by atoms with Crippen molar-refractivity contribution in [3.05, 3.63) is 53.0 Å². The van der Waals surface area contributed by atoms with Crippen LogP contribution in [0.1, 0.15) is 46.6 Å². The summed E-state index contributed by atoms with van der Waals surface area (Å²) in [5.41, 5.74) is 2.91. The molecule has 1 aliphatic rings. The van der Waals surface area contributed by atoms with Crippen LogP contribution >= 0.6 is 0 Å². The van der Waals surface area contributed by atoms with Crippen molar-refractivity contribution >= 4 is 33.2 Å². The number of anilines is 2. The number of rotatable bonds is 5. The average Bonchev–Trinajstić information content (AvgIpc) is 3.06. The van der Waals surface area contributed by atoms with Crippen LogP contribution in [0.4, 0.5) is 25.1 Å². The summed E-state index contributed by atoms with van der Waals surface area (Å²) >= 11 is 0. The van der Waals surface area contributed by atoms with Gasteiger partial charge < -0.3 is 19.8 Å². The molecule has 0 saturated carbocycles. The van der Waals surface area contributed by atoms with E-state index in [9.17, 15) is 22.6 Å². The number of carbonyl (C=O) groups excluding carboxylic acids is 1. The van der Waals surface area contributed by atoms with Gasteiger partial charge in [-0.3, -0.25) is 4.79 Å². The molecule has 0 radical (unpaired) electrons. The number of hydrogen-bond acceptors (Lipinski definition) is 7. The fraction of sp³-hybridized carbons (Fsp3) is 0.385. The molecule has 3 aromatic rings. The smallest absolute Gasteiger partial charge is 0.439 e. The van der Waals surface area contributed by atoms with Gasteiger partial charge in [-0.2, -0.15) is 0 Å². The number of nitrogens with one attached hydrogen (secondary N) is 1. The fourth-order valence-electron chi connectivity index (χ4n) is 4.70. The van der Waals surface area contributed by atoms with Crippen LogP contribution in [0.5, 0.6) is 0 Å². The molecule has 39 heavy (non-hydrogen) atoms. The van der Waals surface area contributed by atoms with Crippen molar-refractivity contribution in [2.45, 2.75) is 50.9 Å². The number of pyridine rings is 1. The molecule has 1 aromatic carbocycles. The van der Waals surface area contributed by atoms with E-state index >= 15 is 0 Å². The van der Waals surface area contributed by atoms with E-state index in [2.05, 4.69) is 19.8 Å². The molecule has 4 rings (SSSR count). The van der Waals surface area contributed by atoms with Crippen molar-refractivity contribution in [1.82, 2.24) is 10.1 Å². The molecule has 2 aromatic heterocycles. The number of amides is 2. The zero-order valence-electron chi connectivity index (χ0n) is 22.0. The van der Waals surface area contributed by atoms with E-state index in [4.69, 9.17) is 9.63 Å². The Kier molecular flexibility index (Phi) is 7.73. The van der Waals surface area contributed by atoms with E-state index in [0.29, 0.717) is 34.7 Å². The van der Waals surface area contributed by atoms with E-state index in [1.807, 2.05) is 0 Å². The van der Waals surface area contributed by atoms with Crippen molar-refractivity contribution in [3.8, 4) is 11.1 Å². The second kappa shape index (κ2) is 10.7. The fourth-order valence-corrected chi connectivity index (χ4v) is 5.78. The molecule has 1 aliphatic heterocycles. The molecule has 208 valence electrons. The molecule has 1 unspecified atom stereocenters. The summed E-state index contributed by atoms with van der Waals surface area (Å²) < 4.78 is 49.6. The number of benzene rings is 1. The number of alkyl halides is 2. The lowest BCUT2D eigenvalue weighted by Gasteiger charge is -2.26. The first-order chi connectivity index (χ1) is 18.3. The average molecular weight is 562 g/mol. The molecular formula is C26H29F2N5O5S. The summed E-state index contributed by atoms with van der Waals surface area (Å²) in [6, 6.07) is 5.93. The molecule has 10 nitrogen and oxygen atoms in total. The molecule has 0 aliphatic carbocycles. The first kappa shape index (κ1) is 28.1. The van der Waals surface area contributed by atoms with Gasteiger partial charge in [-0.15, -0.1) is 4.36 Å². The number of halogens is 2. The number of carbonyl (C=O) groups is 2. The minimum Gasteiger partial charge on any atom is -0.463 e. The van der Waals surface area contributed by atoms with Gasteiger partial charge >= 0.3 is 6.09 Å². The summed E-state index contributed by atoms with van der Waals surface area (Å²) in [6.45, 7) is 5.58. The molecule has 0 spiro atoms. The topological polar surface area (TPSA) is 138 Å². The molecule has 3 heterocycles. The maximum Gasteiger partial charge on any atom is 0.439 e. The van der Waals surface area contributed by atoms with E-state index in [1.54, 1.807) is 37.9 Å². The molecule has 1 fully saturated rings. The Labute approximate surface area is 224 Å². The van der Waals surface area contributed by atoms with Crippen LogP contribution < -0.4 is 10.2 Å². The Morgan fingerprint density at radius 1 is 1.21 bits per heavy atom. The monoisotopic (exact) mass is 561 g/mol. The van der Waals surface area contributed by atoms with Gasteiger partial charge in [0.15, 0.2) is 0 Å². The highest BCUT2D eigenvalue weighted by Crippen LogP contribution is 2.36. The minimum absolute atomic E-state index is 0.0223. The predicted octanol–water partition coefficient (Wildman–Crippen LogP) is 5.67. The van der Waals surface area contributed by atoms with Crippen molar-refractivity contribution in [2.24, 2.45) is 4.36 Å². The van der Waals surface area contributed by atoms with Crippen LogP contribution in [0, 0.1) is 20.8 Å². The molecule has 1 saturated heterocycles. The summed E-state index contributed by atoms with van der Waals surface area (Å²) in [5, 5.41) is 15.7. The third kappa shape index (κ3) is 6.08. The standard InChI is InChI=1S/C26H29F2N5O5S/c1-15-20(22-16(2)31-38-17(22)3)14-29-23(33-11-6-9-26(27,28)10-12-33)21(15)24(34)30-18-7-5-8-19(13-18)39(4,37)32-25(35)36/h5,7-8,13-14H,6,9-12H2,1-4H3,(H,30,34)(H,35,36). The van der Waals surface area contributed by atoms with E-state index in [-0.39, 0.29) is 47.8 Å². The summed E-state index contributed by atoms with van der Waals surface area (Å²) in [5.74, 6) is -2.54. The van der Waals surface area contributed by atoms with Crippen LogP contribution in [-0.2, 0) is 9.73 Å². The zero-order valence-corrected chi connectivity index (χ0v) is 22.8. The number of carboxylic acid groups (broad SMARTS) is 1. The third-order valence-corrected chi connectivity index (χ3v) is 8.28. The number of aryl methyl sites for hydroxylation is 2. The molecule has 2 amide bonds. The zero-order chi connectivity index (χ0) is 28.5. The van der Waals surface area contributed by atoms with Gasteiger partial charge in [-0.1, -0.05) is 11.2 Å². The molecule has 2 N–H and O–H groups in total. The van der Waals surface area contributed by atoms with E-state index in [1.165, 1.54) is 24.5 Å². The van der Waals surface area contributed by atoms with Crippen LogP contribution in [0.25, 0.3) is 11.1 Å². The van der Waals surface area contributed by atoms with Crippen molar-refractivity contribution in [3.63, 3.8) is 0 Å². The van der Waals surface area contributed by atoms with Gasteiger partial charge in [0.2, 0.25) is 5.92 Å². The predicted molar refractivity (Wildman–Crippen MR) is 142 cm³/mol. The van der Waals surface area contributed by atoms with E-state index in [0.717, 1.165) is 0 Å². The minimum atomic E-state index is -3.26. The second-order valence-corrected chi connectivity index (χ2v) is 11.8.